The normalized spacial score (nSPS) is 13.2. The van der Waals surface area contributed by atoms with Crippen molar-refractivity contribution >= 4 is 0 Å². The third kappa shape index (κ3) is 7.94. The van der Waals surface area contributed by atoms with Gasteiger partial charge in [-0.1, -0.05) is 6.92 Å². The van der Waals surface area contributed by atoms with Crippen molar-refractivity contribution < 1.29 is 14.9 Å². The van der Waals surface area contributed by atoms with Gasteiger partial charge in [-0.25, -0.2) is 0 Å². The van der Waals surface area contributed by atoms with E-state index in [1.165, 1.54) is 0 Å². The van der Waals surface area contributed by atoms with Gasteiger partial charge in [0.25, 0.3) is 0 Å². The van der Waals surface area contributed by atoms with Gasteiger partial charge in [-0.15, -0.1) is 0 Å². The molecule has 0 aliphatic carbocycles. The second-order valence-electron chi connectivity index (χ2n) is 2.60. The smallest absolute Gasteiger partial charge is 0.0698 e. The van der Waals surface area contributed by atoms with Gasteiger partial charge in [-0.2, -0.15) is 0 Å². The minimum Gasteiger partial charge on any atom is -0.394 e. The fraction of sp³-hybridized carbons (Fsp3) is 1.00. The van der Waals surface area contributed by atoms with Crippen molar-refractivity contribution in [2.45, 2.75) is 19.4 Å². The zero-order valence-electron chi connectivity index (χ0n) is 7.62. The van der Waals surface area contributed by atoms with Crippen LogP contribution in [0, 0.1) is 0 Å². The summed E-state index contributed by atoms with van der Waals surface area (Å²) < 4.78 is 5.00. The van der Waals surface area contributed by atoms with Crippen molar-refractivity contribution in [3.63, 3.8) is 0 Å². The maximum Gasteiger partial charge on any atom is 0.0698 e. The van der Waals surface area contributed by atoms with E-state index in [1.807, 2.05) is 6.92 Å². The second-order valence-corrected chi connectivity index (χ2v) is 2.60. The first kappa shape index (κ1) is 11.8. The molecule has 0 bridgehead atoms. The number of aliphatic hydroxyl groups is 2. The lowest BCUT2D eigenvalue weighted by atomic mass is 10.3. The molecule has 0 aromatic heterocycles. The van der Waals surface area contributed by atoms with E-state index in [9.17, 15) is 0 Å². The molecule has 4 nitrogen and oxygen atoms in total. The lowest BCUT2D eigenvalue weighted by Crippen LogP contribution is -2.29. The van der Waals surface area contributed by atoms with Gasteiger partial charge in [0.2, 0.25) is 0 Å². The van der Waals surface area contributed by atoms with E-state index in [2.05, 4.69) is 5.32 Å². The van der Waals surface area contributed by atoms with Crippen LogP contribution < -0.4 is 5.32 Å². The highest BCUT2D eigenvalue weighted by Crippen LogP contribution is 1.85. The van der Waals surface area contributed by atoms with Gasteiger partial charge in [0.15, 0.2) is 0 Å². The van der Waals surface area contributed by atoms with Crippen LogP contribution in [0.15, 0.2) is 0 Å². The molecular weight excluding hydrogens is 158 g/mol. The summed E-state index contributed by atoms with van der Waals surface area (Å²) in [6.45, 7) is 4.30. The predicted molar refractivity (Wildman–Crippen MR) is 47.1 cm³/mol. The summed E-state index contributed by atoms with van der Waals surface area (Å²) in [5.41, 5.74) is 0. The molecule has 0 aromatic rings. The van der Waals surface area contributed by atoms with Crippen LogP contribution in [0.2, 0.25) is 0 Å². The van der Waals surface area contributed by atoms with Crippen molar-refractivity contribution in [1.82, 2.24) is 5.32 Å². The van der Waals surface area contributed by atoms with Crippen LogP contribution in [0.5, 0.6) is 0 Å². The van der Waals surface area contributed by atoms with Crippen molar-refractivity contribution in [3.8, 4) is 0 Å². The van der Waals surface area contributed by atoms with Crippen LogP contribution in [0.25, 0.3) is 0 Å². The highest BCUT2D eigenvalue weighted by Gasteiger charge is 1.97. The third-order valence-electron chi connectivity index (χ3n) is 1.51. The number of aliphatic hydroxyl groups excluding tert-OH is 2. The van der Waals surface area contributed by atoms with Crippen LogP contribution in [0.1, 0.15) is 13.3 Å². The first-order valence-corrected chi connectivity index (χ1v) is 4.38. The average Bonchev–Trinajstić information content (AvgIpc) is 2.10. The molecule has 0 spiro atoms. The standard InChI is InChI=1S/C8H19NO3/c1-2-8(11)7-9-3-5-12-6-4-10/h8-11H,2-7H2,1H3. The molecule has 1 unspecified atom stereocenters. The minimum atomic E-state index is -0.261. The maximum absolute atomic E-state index is 9.12. The lowest BCUT2D eigenvalue weighted by Gasteiger charge is -2.08. The Morgan fingerprint density at radius 2 is 2.17 bits per heavy atom. The topological polar surface area (TPSA) is 61.7 Å². The van der Waals surface area contributed by atoms with Gasteiger partial charge in [0.05, 0.1) is 25.9 Å². The van der Waals surface area contributed by atoms with Crippen molar-refractivity contribution in [2.75, 3.05) is 32.9 Å². The monoisotopic (exact) mass is 177 g/mol. The summed E-state index contributed by atoms with van der Waals surface area (Å²) in [5.74, 6) is 0. The number of hydrogen-bond donors (Lipinski definition) is 3. The van der Waals surface area contributed by atoms with Gasteiger partial charge < -0.3 is 20.3 Å². The molecule has 0 saturated heterocycles. The fourth-order valence-corrected chi connectivity index (χ4v) is 0.724. The van der Waals surface area contributed by atoms with E-state index in [1.54, 1.807) is 0 Å². The Morgan fingerprint density at radius 3 is 2.75 bits per heavy atom. The van der Waals surface area contributed by atoms with Gasteiger partial charge in [-0.3, -0.25) is 0 Å². The summed E-state index contributed by atoms with van der Waals surface area (Å²) in [7, 11) is 0. The molecule has 74 valence electrons. The Hall–Kier alpha value is -0.160. The van der Waals surface area contributed by atoms with Crippen molar-refractivity contribution in [3.05, 3.63) is 0 Å². The summed E-state index contributed by atoms with van der Waals surface area (Å²) in [5, 5.41) is 20.5. The molecule has 12 heavy (non-hydrogen) atoms. The molecule has 0 fully saturated rings. The number of hydrogen-bond acceptors (Lipinski definition) is 4. The average molecular weight is 177 g/mol. The first-order chi connectivity index (χ1) is 5.81. The Balaban J connectivity index is 2.90. The molecule has 1 atom stereocenters. The second kappa shape index (κ2) is 8.93. The Morgan fingerprint density at radius 1 is 1.42 bits per heavy atom. The van der Waals surface area contributed by atoms with E-state index in [4.69, 9.17) is 14.9 Å². The third-order valence-corrected chi connectivity index (χ3v) is 1.51. The van der Waals surface area contributed by atoms with Crippen LogP contribution >= 0.6 is 0 Å². The number of ether oxygens (including phenoxy) is 1. The van der Waals surface area contributed by atoms with Crippen molar-refractivity contribution in [1.29, 1.82) is 0 Å². The molecule has 0 saturated carbocycles. The molecule has 0 rings (SSSR count). The molecular formula is C8H19NO3. The minimum absolute atomic E-state index is 0.0670. The molecule has 0 amide bonds. The van der Waals surface area contributed by atoms with E-state index >= 15 is 0 Å². The summed E-state index contributed by atoms with van der Waals surface area (Å²) in [4.78, 5) is 0. The van der Waals surface area contributed by atoms with Crippen molar-refractivity contribution in [2.24, 2.45) is 0 Å². The first-order valence-electron chi connectivity index (χ1n) is 4.38. The number of nitrogens with one attached hydrogen (secondary N) is 1. The molecule has 0 aliphatic rings. The van der Waals surface area contributed by atoms with Gasteiger partial charge >= 0.3 is 0 Å². The lowest BCUT2D eigenvalue weighted by molar-refractivity contribution is 0.0908. The van der Waals surface area contributed by atoms with E-state index in [-0.39, 0.29) is 12.7 Å². The maximum atomic E-state index is 9.12. The largest absolute Gasteiger partial charge is 0.394 e. The molecule has 3 N–H and O–H groups in total. The molecule has 0 aliphatic heterocycles. The zero-order chi connectivity index (χ0) is 9.23. The highest BCUT2D eigenvalue weighted by atomic mass is 16.5. The summed E-state index contributed by atoms with van der Waals surface area (Å²) in [6.07, 6.45) is 0.507. The van der Waals surface area contributed by atoms with Crippen LogP contribution in [0.3, 0.4) is 0 Å². The summed E-state index contributed by atoms with van der Waals surface area (Å²) >= 11 is 0. The Kier molecular flexibility index (Phi) is 8.81. The van der Waals surface area contributed by atoms with E-state index in [0.717, 1.165) is 13.0 Å². The Labute approximate surface area is 73.5 Å². The zero-order valence-corrected chi connectivity index (χ0v) is 7.62. The molecule has 0 aromatic carbocycles. The number of rotatable bonds is 8. The molecule has 4 heteroatoms. The highest BCUT2D eigenvalue weighted by molar-refractivity contribution is 4.55. The van der Waals surface area contributed by atoms with Gasteiger partial charge in [-0.05, 0) is 6.42 Å². The van der Waals surface area contributed by atoms with Crippen LogP contribution in [-0.2, 0) is 4.74 Å². The predicted octanol–water partition coefficient (Wildman–Crippen LogP) is -0.644. The summed E-state index contributed by atoms with van der Waals surface area (Å²) in [6, 6.07) is 0. The Bertz CT molecular complexity index is 90.4. The van der Waals surface area contributed by atoms with Gasteiger partial charge in [0, 0.05) is 13.1 Å². The van der Waals surface area contributed by atoms with Crippen LogP contribution in [0.4, 0.5) is 0 Å². The van der Waals surface area contributed by atoms with Crippen LogP contribution in [-0.4, -0.2) is 49.2 Å². The molecule has 0 heterocycles. The quantitative estimate of drug-likeness (QED) is 0.431. The van der Waals surface area contributed by atoms with Gasteiger partial charge in [0.1, 0.15) is 0 Å². The van der Waals surface area contributed by atoms with E-state index in [0.29, 0.717) is 19.8 Å². The fourth-order valence-electron chi connectivity index (χ4n) is 0.724. The van der Waals surface area contributed by atoms with E-state index < -0.39 is 0 Å². The SMILES string of the molecule is CCC(O)CNCCOCCO. The molecule has 0 radical (unpaired) electrons.